The summed E-state index contributed by atoms with van der Waals surface area (Å²) in [4.78, 5) is 40.3. The summed E-state index contributed by atoms with van der Waals surface area (Å²) in [5.41, 5.74) is -0.0739. The third kappa shape index (κ3) is 2.53. The van der Waals surface area contributed by atoms with Crippen LogP contribution in [0.15, 0.2) is 47.3 Å². The average Bonchev–Trinajstić information content (AvgIpc) is 2.54. The molecule has 8 heteroatoms. The molecule has 114 valence electrons. The number of carboxylic acids is 1. The molecule has 2 aromatic carbocycles. The zero-order valence-electron chi connectivity index (χ0n) is 11.5. The normalized spacial score (nSPS) is 10.6. The molecule has 0 unspecified atom stereocenters. The van der Waals surface area contributed by atoms with Gasteiger partial charge in [-0.05, 0) is 24.3 Å². The highest BCUT2D eigenvalue weighted by atomic mass is 16.6. The van der Waals surface area contributed by atoms with Gasteiger partial charge in [0.25, 0.3) is 11.2 Å². The molecule has 0 bridgehead atoms. The fourth-order valence-corrected chi connectivity index (χ4v) is 2.25. The molecule has 0 aliphatic heterocycles. The van der Waals surface area contributed by atoms with E-state index in [1.54, 1.807) is 0 Å². The van der Waals surface area contributed by atoms with Crippen LogP contribution < -0.4 is 5.56 Å². The second kappa shape index (κ2) is 5.34. The van der Waals surface area contributed by atoms with Gasteiger partial charge in [-0.1, -0.05) is 6.07 Å². The molecular formula is C15H9N3O5. The highest BCUT2D eigenvalue weighted by Crippen LogP contribution is 2.21. The number of nitrogens with one attached hydrogen (secondary N) is 1. The van der Waals surface area contributed by atoms with Gasteiger partial charge >= 0.3 is 5.97 Å². The van der Waals surface area contributed by atoms with E-state index in [1.165, 1.54) is 42.5 Å². The van der Waals surface area contributed by atoms with Crippen LogP contribution in [-0.2, 0) is 0 Å². The number of hydrogen-bond acceptors (Lipinski definition) is 5. The van der Waals surface area contributed by atoms with Crippen LogP contribution in [0.4, 0.5) is 5.69 Å². The number of H-pyrrole nitrogens is 1. The molecular weight excluding hydrogens is 302 g/mol. The molecule has 0 aliphatic carbocycles. The predicted octanol–water partition coefficient (Wildman–Crippen LogP) is 2.20. The van der Waals surface area contributed by atoms with Crippen LogP contribution in [0, 0.1) is 10.1 Å². The summed E-state index contributed by atoms with van der Waals surface area (Å²) < 4.78 is 0. The molecule has 3 aromatic rings. The third-order valence-electron chi connectivity index (χ3n) is 3.32. The summed E-state index contributed by atoms with van der Waals surface area (Å²) in [5, 5.41) is 19.8. The smallest absolute Gasteiger partial charge is 0.336 e. The number of nitro benzene ring substituents is 1. The number of carboxylic acid groups (broad SMARTS) is 1. The van der Waals surface area contributed by atoms with Crippen molar-refractivity contribution in [2.24, 2.45) is 0 Å². The third-order valence-corrected chi connectivity index (χ3v) is 3.32. The Morgan fingerprint density at radius 1 is 1.17 bits per heavy atom. The minimum atomic E-state index is -1.22. The lowest BCUT2D eigenvalue weighted by atomic mass is 10.1. The number of carbonyl (C=O) groups is 1. The first-order valence-corrected chi connectivity index (χ1v) is 6.48. The summed E-state index contributed by atoms with van der Waals surface area (Å²) in [6.07, 6.45) is 0. The minimum Gasteiger partial charge on any atom is -0.478 e. The molecule has 0 saturated carbocycles. The zero-order valence-corrected chi connectivity index (χ0v) is 11.5. The topological polar surface area (TPSA) is 126 Å². The summed E-state index contributed by atoms with van der Waals surface area (Å²) in [6, 6.07) is 9.88. The Kier molecular flexibility index (Phi) is 3.34. The fraction of sp³-hybridized carbons (Fsp3) is 0. The number of rotatable bonds is 3. The first-order valence-electron chi connectivity index (χ1n) is 6.48. The van der Waals surface area contributed by atoms with Gasteiger partial charge in [-0.25, -0.2) is 9.78 Å². The summed E-state index contributed by atoms with van der Waals surface area (Å²) in [6.45, 7) is 0. The SMILES string of the molecule is O=C(O)c1cccc2nc(-c3ccc([N+](=O)[O-])cc3)[nH]c(=O)c12. The standard InChI is InChI=1S/C15H9N3O5/c19-14-12-10(15(20)21)2-1-3-11(12)16-13(17-14)8-4-6-9(7-5-8)18(22)23/h1-7H,(H,20,21)(H,16,17,19). The van der Waals surface area contributed by atoms with Gasteiger partial charge in [0, 0.05) is 17.7 Å². The number of aromatic nitrogens is 2. The monoisotopic (exact) mass is 311 g/mol. The van der Waals surface area contributed by atoms with Crippen molar-refractivity contribution in [3.05, 3.63) is 68.5 Å². The Labute approximate surface area is 128 Å². The van der Waals surface area contributed by atoms with Gasteiger partial charge < -0.3 is 10.1 Å². The van der Waals surface area contributed by atoms with E-state index in [0.717, 1.165) is 0 Å². The van der Waals surface area contributed by atoms with Crippen molar-refractivity contribution < 1.29 is 14.8 Å². The van der Waals surface area contributed by atoms with E-state index in [4.69, 9.17) is 5.11 Å². The fourth-order valence-electron chi connectivity index (χ4n) is 2.25. The Morgan fingerprint density at radius 2 is 1.87 bits per heavy atom. The van der Waals surface area contributed by atoms with Gasteiger partial charge in [0.05, 0.1) is 21.4 Å². The number of hydrogen-bond donors (Lipinski definition) is 2. The largest absolute Gasteiger partial charge is 0.478 e. The molecule has 2 N–H and O–H groups in total. The van der Waals surface area contributed by atoms with E-state index in [0.29, 0.717) is 5.56 Å². The summed E-state index contributed by atoms with van der Waals surface area (Å²) in [7, 11) is 0. The number of non-ortho nitro benzene ring substituents is 1. The Morgan fingerprint density at radius 3 is 2.48 bits per heavy atom. The van der Waals surface area contributed by atoms with E-state index in [9.17, 15) is 19.7 Å². The summed E-state index contributed by atoms with van der Waals surface area (Å²) in [5.74, 6) is -1.01. The maximum Gasteiger partial charge on any atom is 0.336 e. The van der Waals surface area contributed by atoms with Gasteiger partial charge in [-0.15, -0.1) is 0 Å². The molecule has 1 heterocycles. The van der Waals surface area contributed by atoms with Gasteiger partial charge in [0.2, 0.25) is 0 Å². The van der Waals surface area contributed by atoms with Crippen molar-refractivity contribution in [3.63, 3.8) is 0 Å². The van der Waals surface area contributed by atoms with E-state index in [2.05, 4.69) is 9.97 Å². The molecule has 3 rings (SSSR count). The van der Waals surface area contributed by atoms with Crippen molar-refractivity contribution in [1.29, 1.82) is 0 Å². The average molecular weight is 311 g/mol. The lowest BCUT2D eigenvalue weighted by Crippen LogP contribution is -2.13. The maximum absolute atomic E-state index is 12.2. The quantitative estimate of drug-likeness (QED) is 0.564. The lowest BCUT2D eigenvalue weighted by molar-refractivity contribution is -0.384. The van der Waals surface area contributed by atoms with Gasteiger partial charge in [-0.2, -0.15) is 0 Å². The van der Waals surface area contributed by atoms with Gasteiger partial charge in [0.15, 0.2) is 0 Å². The van der Waals surface area contributed by atoms with Crippen LogP contribution in [0.2, 0.25) is 0 Å². The van der Waals surface area contributed by atoms with E-state index in [-0.39, 0.29) is 28.0 Å². The highest BCUT2D eigenvalue weighted by Gasteiger charge is 2.14. The Hall–Kier alpha value is -3.55. The predicted molar refractivity (Wildman–Crippen MR) is 81.4 cm³/mol. The molecule has 0 saturated heterocycles. The van der Waals surface area contributed by atoms with Gasteiger partial charge in [0.1, 0.15) is 5.82 Å². The molecule has 1 aromatic heterocycles. The Balaban J connectivity index is 2.19. The minimum absolute atomic E-state index is 0.00865. The molecule has 23 heavy (non-hydrogen) atoms. The number of nitrogens with zero attached hydrogens (tertiary/aromatic N) is 2. The molecule has 0 atom stereocenters. The summed E-state index contributed by atoms with van der Waals surface area (Å²) >= 11 is 0. The van der Waals surface area contributed by atoms with E-state index in [1.807, 2.05) is 0 Å². The number of aromatic amines is 1. The van der Waals surface area contributed by atoms with Crippen LogP contribution in [0.25, 0.3) is 22.3 Å². The van der Waals surface area contributed by atoms with Crippen molar-refractivity contribution in [2.45, 2.75) is 0 Å². The van der Waals surface area contributed by atoms with Gasteiger partial charge in [-0.3, -0.25) is 14.9 Å². The first kappa shape index (κ1) is 14.4. The van der Waals surface area contributed by atoms with Crippen LogP contribution in [-0.4, -0.2) is 26.0 Å². The van der Waals surface area contributed by atoms with E-state index < -0.39 is 16.5 Å². The number of benzene rings is 2. The molecule has 0 spiro atoms. The lowest BCUT2D eigenvalue weighted by Gasteiger charge is -2.05. The number of aromatic carboxylic acids is 1. The van der Waals surface area contributed by atoms with Crippen molar-refractivity contribution >= 4 is 22.6 Å². The van der Waals surface area contributed by atoms with Crippen LogP contribution in [0.5, 0.6) is 0 Å². The second-order valence-corrected chi connectivity index (χ2v) is 4.72. The molecule has 0 fully saturated rings. The Bertz CT molecular complexity index is 992. The maximum atomic E-state index is 12.2. The molecule has 8 nitrogen and oxygen atoms in total. The molecule has 0 radical (unpaired) electrons. The van der Waals surface area contributed by atoms with Crippen molar-refractivity contribution in [2.75, 3.05) is 0 Å². The first-order chi connectivity index (χ1) is 11.0. The number of nitro groups is 1. The highest BCUT2D eigenvalue weighted by molar-refractivity contribution is 6.02. The van der Waals surface area contributed by atoms with Crippen LogP contribution in [0.1, 0.15) is 10.4 Å². The second-order valence-electron chi connectivity index (χ2n) is 4.72. The van der Waals surface area contributed by atoms with Crippen LogP contribution in [0.3, 0.4) is 0 Å². The molecule has 0 amide bonds. The number of fused-ring (bicyclic) bond motifs is 1. The van der Waals surface area contributed by atoms with E-state index >= 15 is 0 Å². The van der Waals surface area contributed by atoms with Crippen LogP contribution >= 0.6 is 0 Å². The molecule has 0 aliphatic rings. The zero-order chi connectivity index (χ0) is 16.6. The van der Waals surface area contributed by atoms with Crippen molar-refractivity contribution in [1.82, 2.24) is 9.97 Å². The van der Waals surface area contributed by atoms with Crippen molar-refractivity contribution in [3.8, 4) is 11.4 Å².